The molecule has 0 fully saturated rings. The van der Waals surface area contributed by atoms with Crippen molar-refractivity contribution in [1.29, 1.82) is 0 Å². The zero-order chi connectivity index (χ0) is 40.4. The van der Waals surface area contributed by atoms with Gasteiger partial charge in [0.15, 0.2) is 0 Å². The van der Waals surface area contributed by atoms with Crippen molar-refractivity contribution in [1.82, 2.24) is 0 Å². The van der Waals surface area contributed by atoms with Gasteiger partial charge in [-0.2, -0.15) is 0 Å². The van der Waals surface area contributed by atoms with Crippen LogP contribution in [0.3, 0.4) is 0 Å². The molecule has 0 amide bonds. The van der Waals surface area contributed by atoms with E-state index in [2.05, 4.69) is 0 Å². The molecule has 0 saturated heterocycles. The number of hydrogen-bond donors (Lipinski definition) is 0. The second-order valence-electron chi connectivity index (χ2n) is 10.5. The molecule has 8 rings (SSSR count). The van der Waals surface area contributed by atoms with Gasteiger partial charge in [0.1, 0.15) is 0 Å². The van der Waals surface area contributed by atoms with E-state index in [4.69, 9.17) is 5.48 Å². The summed E-state index contributed by atoms with van der Waals surface area (Å²) in [6.45, 7) is 0. The monoisotopic (exact) mass is 585 g/mol. The molecular formula is C44H31N. The molecule has 0 saturated carbocycles. The third kappa shape index (κ3) is 5.26. The van der Waals surface area contributed by atoms with Crippen LogP contribution in [0.5, 0.6) is 0 Å². The summed E-state index contributed by atoms with van der Waals surface area (Å²) < 4.78 is 111. The molecule has 0 aliphatic heterocycles. The smallest absolute Gasteiger partial charge is 0.0651 e. The summed E-state index contributed by atoms with van der Waals surface area (Å²) in [5.74, 6) is 0. The van der Waals surface area contributed by atoms with Crippen LogP contribution in [-0.2, 0) is 0 Å². The molecule has 0 radical (unpaired) electrons. The molecule has 0 aliphatic carbocycles. The van der Waals surface area contributed by atoms with Gasteiger partial charge < -0.3 is 4.90 Å². The quantitative estimate of drug-likeness (QED) is 0.188. The first-order valence-electron chi connectivity index (χ1n) is 20.5. The second-order valence-corrected chi connectivity index (χ2v) is 10.5. The van der Waals surface area contributed by atoms with Crippen LogP contribution in [0.2, 0.25) is 0 Å². The molecule has 1 nitrogen and oxygen atoms in total. The predicted octanol–water partition coefficient (Wildman–Crippen LogP) is 12.5. The molecule has 0 bridgehead atoms. The van der Waals surface area contributed by atoms with Crippen molar-refractivity contribution < 1.29 is 16.4 Å². The molecule has 8 aromatic carbocycles. The van der Waals surface area contributed by atoms with Crippen molar-refractivity contribution in [2.45, 2.75) is 0 Å². The van der Waals surface area contributed by atoms with E-state index in [0.29, 0.717) is 22.1 Å². The number of fused-ring (bicyclic) bond motifs is 2. The van der Waals surface area contributed by atoms with Crippen LogP contribution < -0.4 is 4.90 Å². The Bertz CT molecular complexity index is 2880. The Kier molecular flexibility index (Phi) is 4.34. The maximum atomic E-state index is 9.70. The minimum absolute atomic E-state index is 0.0307. The van der Waals surface area contributed by atoms with Gasteiger partial charge in [-0.25, -0.2) is 0 Å². The lowest BCUT2D eigenvalue weighted by atomic mass is 9.97. The summed E-state index contributed by atoms with van der Waals surface area (Å²) in [5.41, 5.74) is -0.581. The van der Waals surface area contributed by atoms with Crippen LogP contribution >= 0.6 is 0 Å². The van der Waals surface area contributed by atoms with E-state index in [1.165, 1.54) is 0 Å². The number of nitrogens with zero attached hydrogens (tertiary/aromatic N) is 1. The highest BCUT2D eigenvalue weighted by molar-refractivity contribution is 5.97. The van der Waals surface area contributed by atoms with E-state index < -0.39 is 89.6 Å². The van der Waals surface area contributed by atoms with Crippen molar-refractivity contribution >= 4 is 38.6 Å². The van der Waals surface area contributed by atoms with Gasteiger partial charge in [0.05, 0.1) is 16.4 Å². The van der Waals surface area contributed by atoms with Gasteiger partial charge in [-0.05, 0) is 97.2 Å². The molecule has 0 spiro atoms. The Morgan fingerprint density at radius 3 is 1.76 bits per heavy atom. The average Bonchev–Trinajstić information content (AvgIpc) is 3.22. The van der Waals surface area contributed by atoms with Gasteiger partial charge in [0.25, 0.3) is 0 Å². The maximum absolute atomic E-state index is 9.70. The number of rotatable bonds is 6. The molecule has 8 aromatic rings. The van der Waals surface area contributed by atoms with Crippen LogP contribution in [-0.4, -0.2) is 0 Å². The molecule has 0 aliphatic rings. The van der Waals surface area contributed by atoms with E-state index in [-0.39, 0.29) is 16.7 Å². The predicted molar refractivity (Wildman–Crippen MR) is 192 cm³/mol. The number of benzene rings is 8. The van der Waals surface area contributed by atoms with Crippen molar-refractivity contribution in [2.24, 2.45) is 0 Å². The van der Waals surface area contributed by atoms with Crippen LogP contribution in [0.4, 0.5) is 17.1 Å². The molecule has 45 heavy (non-hydrogen) atoms. The molecular weight excluding hydrogens is 542 g/mol. The molecule has 0 atom stereocenters. The second kappa shape index (κ2) is 11.6. The Morgan fingerprint density at radius 1 is 0.378 bits per heavy atom. The SMILES string of the molecule is [2H]c1c([2H])c(-c2cccc3ccccc23)c([2H])c(N(c2c([2H])c([2H])c(-c3ccccc3)c([2H])c2[2H])c2c([2H])c([2H])c(-c3ccc4ccccc4c3)c([2H])c2[2H])c1[2H]. The Hall–Kier alpha value is -5.92. The van der Waals surface area contributed by atoms with Gasteiger partial charge in [0.2, 0.25) is 0 Å². The van der Waals surface area contributed by atoms with Crippen molar-refractivity contribution in [3.05, 3.63) is 188 Å². The van der Waals surface area contributed by atoms with Crippen LogP contribution in [0.25, 0.3) is 54.9 Å². The summed E-state index contributed by atoms with van der Waals surface area (Å²) in [5, 5.41) is 3.11. The number of anilines is 3. The van der Waals surface area contributed by atoms with Crippen molar-refractivity contribution in [3.8, 4) is 33.4 Å². The number of hydrogen-bond acceptors (Lipinski definition) is 1. The largest absolute Gasteiger partial charge is 0.310 e. The summed E-state index contributed by atoms with van der Waals surface area (Å²) >= 11 is 0. The lowest BCUT2D eigenvalue weighted by Gasteiger charge is -2.26. The van der Waals surface area contributed by atoms with E-state index in [0.717, 1.165) is 21.1 Å². The molecule has 0 heterocycles. The van der Waals surface area contributed by atoms with Crippen molar-refractivity contribution in [3.63, 3.8) is 0 Å². The van der Waals surface area contributed by atoms with E-state index in [9.17, 15) is 11.0 Å². The van der Waals surface area contributed by atoms with Gasteiger partial charge in [0, 0.05) is 17.1 Å². The molecule has 0 N–H and O–H groups in total. The fraction of sp³-hybridized carbons (Fsp3) is 0. The molecule has 212 valence electrons. The first-order valence-corrected chi connectivity index (χ1v) is 14.5. The van der Waals surface area contributed by atoms with Gasteiger partial charge in [-0.15, -0.1) is 0 Å². The maximum Gasteiger partial charge on any atom is 0.0651 e. The third-order valence-electron chi connectivity index (χ3n) is 7.67. The van der Waals surface area contributed by atoms with Crippen LogP contribution in [0.15, 0.2) is 188 Å². The Balaban J connectivity index is 1.50. The zero-order valence-corrected chi connectivity index (χ0v) is 23.9. The first kappa shape index (κ1) is 16.8. The summed E-state index contributed by atoms with van der Waals surface area (Å²) in [7, 11) is 0. The third-order valence-corrected chi connectivity index (χ3v) is 7.67. The average molecular weight is 586 g/mol. The lowest BCUT2D eigenvalue weighted by Crippen LogP contribution is -2.10. The molecule has 0 aromatic heterocycles. The van der Waals surface area contributed by atoms with Crippen LogP contribution in [0, 0.1) is 0 Å². The fourth-order valence-corrected chi connectivity index (χ4v) is 5.43. The highest BCUT2D eigenvalue weighted by Gasteiger charge is 2.15. The Labute approximate surface area is 281 Å². The molecule has 1 heteroatoms. The zero-order valence-electron chi connectivity index (χ0n) is 35.9. The highest BCUT2D eigenvalue weighted by Crippen LogP contribution is 2.39. The normalized spacial score (nSPS) is 14.8. The van der Waals surface area contributed by atoms with Gasteiger partial charge in [-0.3, -0.25) is 0 Å². The molecule has 0 unspecified atom stereocenters. The Morgan fingerprint density at radius 2 is 1.00 bits per heavy atom. The van der Waals surface area contributed by atoms with Gasteiger partial charge in [-0.1, -0.05) is 145 Å². The first-order chi connectivity index (χ1) is 27.3. The van der Waals surface area contributed by atoms with Gasteiger partial charge >= 0.3 is 0 Å². The minimum Gasteiger partial charge on any atom is -0.310 e. The van der Waals surface area contributed by atoms with E-state index in [1.807, 2.05) is 42.5 Å². The fourth-order valence-electron chi connectivity index (χ4n) is 5.43. The van der Waals surface area contributed by atoms with E-state index in [1.54, 1.807) is 72.8 Å². The summed E-state index contributed by atoms with van der Waals surface area (Å²) in [6, 6.07) is 26.8. The summed E-state index contributed by atoms with van der Waals surface area (Å²) in [4.78, 5) is 0.886. The summed E-state index contributed by atoms with van der Waals surface area (Å²) in [6.07, 6.45) is 0. The van der Waals surface area contributed by atoms with Crippen LogP contribution in [0.1, 0.15) is 16.4 Å². The minimum atomic E-state index is -0.714. The highest BCUT2D eigenvalue weighted by atomic mass is 15.1. The standard InChI is InChI=1S/C44H31N/c1-2-10-32(11-3-1)34-22-26-40(27-23-34)45(41-28-24-35(25-29-41)38-21-20-33-12-4-5-14-37(33)30-38)42-17-8-16-39(31-42)44-19-9-15-36-13-6-7-18-43(36)44/h1-31H/i8D,16D,17D,22D,23D,24D,25D,26D,27D,28D,29D,31D. The van der Waals surface area contributed by atoms with E-state index >= 15 is 0 Å². The lowest BCUT2D eigenvalue weighted by molar-refractivity contribution is 1.28. The van der Waals surface area contributed by atoms with Crippen molar-refractivity contribution in [2.75, 3.05) is 4.90 Å². The topological polar surface area (TPSA) is 3.24 Å².